The molecule has 0 aliphatic carbocycles. The number of alkyl halides is 2. The van der Waals surface area contributed by atoms with E-state index >= 15 is 0 Å². The Morgan fingerprint density at radius 2 is 1.93 bits per heavy atom. The normalized spacial score (nSPS) is 10.7. The number of aryl methyl sites for hydroxylation is 1. The van der Waals surface area contributed by atoms with Crippen LogP contribution in [0, 0.1) is 6.92 Å². The summed E-state index contributed by atoms with van der Waals surface area (Å²) in [5.74, 6) is -0.732. The Kier molecular flexibility index (Phi) is 7.11. The number of benzene rings is 2. The smallest absolute Gasteiger partial charge is 0.387 e. The van der Waals surface area contributed by atoms with Crippen LogP contribution in [0.2, 0.25) is 0 Å². The van der Waals surface area contributed by atoms with E-state index in [0.29, 0.717) is 22.0 Å². The van der Waals surface area contributed by atoms with Gasteiger partial charge in [0.25, 0.3) is 5.91 Å². The lowest BCUT2D eigenvalue weighted by atomic mass is 10.1. The molecular formula is C20H16BrF2N3O3S. The van der Waals surface area contributed by atoms with E-state index in [1.165, 1.54) is 23.5 Å². The molecule has 1 heterocycles. The molecule has 0 aliphatic rings. The van der Waals surface area contributed by atoms with Crippen LogP contribution in [0.1, 0.15) is 15.2 Å². The summed E-state index contributed by atoms with van der Waals surface area (Å²) in [6.45, 7) is -1.26. The van der Waals surface area contributed by atoms with Gasteiger partial charge in [0.1, 0.15) is 5.75 Å². The van der Waals surface area contributed by atoms with Crippen LogP contribution in [0.25, 0.3) is 11.3 Å². The molecule has 10 heteroatoms. The zero-order valence-electron chi connectivity index (χ0n) is 15.6. The average molecular weight is 496 g/mol. The zero-order chi connectivity index (χ0) is 21.7. The number of ether oxygens (including phenoxy) is 1. The van der Waals surface area contributed by atoms with Crippen molar-refractivity contribution in [2.45, 2.75) is 13.5 Å². The molecule has 3 aromatic rings. The van der Waals surface area contributed by atoms with Crippen LogP contribution >= 0.6 is 27.3 Å². The lowest BCUT2D eigenvalue weighted by Crippen LogP contribution is -2.32. The summed E-state index contributed by atoms with van der Waals surface area (Å²) in [6, 6.07) is 12.9. The predicted molar refractivity (Wildman–Crippen MR) is 114 cm³/mol. The fourth-order valence-electron chi connectivity index (χ4n) is 2.57. The van der Waals surface area contributed by atoms with Crippen LogP contribution in [0.4, 0.5) is 13.9 Å². The highest BCUT2D eigenvalue weighted by molar-refractivity contribution is 9.10. The lowest BCUT2D eigenvalue weighted by Gasteiger charge is -2.06. The van der Waals surface area contributed by atoms with Crippen molar-refractivity contribution in [2.24, 2.45) is 0 Å². The molecule has 0 atom stereocenters. The molecule has 6 nitrogen and oxygen atoms in total. The molecule has 0 bridgehead atoms. The van der Waals surface area contributed by atoms with Crippen LogP contribution in [0.15, 0.2) is 53.0 Å². The monoisotopic (exact) mass is 495 g/mol. The molecule has 2 amide bonds. The Morgan fingerprint density at radius 3 is 2.60 bits per heavy atom. The van der Waals surface area contributed by atoms with E-state index in [9.17, 15) is 18.4 Å². The summed E-state index contributed by atoms with van der Waals surface area (Å²) in [4.78, 5) is 29.5. The Labute approximate surface area is 183 Å². The van der Waals surface area contributed by atoms with E-state index in [-0.39, 0.29) is 18.2 Å². The first-order valence-corrected chi connectivity index (χ1v) is 10.3. The quantitative estimate of drug-likeness (QED) is 0.490. The van der Waals surface area contributed by atoms with Gasteiger partial charge in [0.05, 0.1) is 12.2 Å². The third-order valence-electron chi connectivity index (χ3n) is 3.89. The van der Waals surface area contributed by atoms with E-state index in [1.54, 1.807) is 36.4 Å². The largest absolute Gasteiger partial charge is 0.435 e. The number of nitrogens with zero attached hydrogens (tertiary/aromatic N) is 1. The van der Waals surface area contributed by atoms with Crippen molar-refractivity contribution in [2.75, 3.05) is 11.9 Å². The molecule has 2 aromatic carbocycles. The van der Waals surface area contributed by atoms with Crippen molar-refractivity contribution >= 4 is 44.2 Å². The van der Waals surface area contributed by atoms with Crippen LogP contribution in [0.5, 0.6) is 5.75 Å². The molecule has 3 rings (SSSR count). The summed E-state index contributed by atoms with van der Waals surface area (Å²) >= 11 is 4.56. The van der Waals surface area contributed by atoms with Gasteiger partial charge >= 0.3 is 6.61 Å². The van der Waals surface area contributed by atoms with Gasteiger partial charge in [0.2, 0.25) is 5.91 Å². The minimum atomic E-state index is -2.89. The van der Waals surface area contributed by atoms with Gasteiger partial charge in [-0.1, -0.05) is 22.0 Å². The number of aromatic nitrogens is 1. The second kappa shape index (κ2) is 9.77. The number of nitrogens with one attached hydrogen (secondary N) is 2. The molecule has 1 aromatic heterocycles. The second-order valence-electron chi connectivity index (χ2n) is 6.07. The van der Waals surface area contributed by atoms with Crippen LogP contribution in [-0.2, 0) is 4.79 Å². The number of rotatable bonds is 7. The molecule has 0 radical (unpaired) electrons. The minimum Gasteiger partial charge on any atom is -0.435 e. The molecular weight excluding hydrogens is 480 g/mol. The molecule has 0 saturated carbocycles. The van der Waals surface area contributed by atoms with Gasteiger partial charge in [-0.15, -0.1) is 11.3 Å². The predicted octanol–water partition coefficient (Wildman–Crippen LogP) is 4.85. The fraction of sp³-hybridized carbons (Fsp3) is 0.150. The van der Waals surface area contributed by atoms with E-state index in [1.807, 2.05) is 6.92 Å². The summed E-state index contributed by atoms with van der Waals surface area (Å²) in [5, 5.41) is 5.57. The van der Waals surface area contributed by atoms with Crippen molar-refractivity contribution < 1.29 is 23.1 Å². The number of halogens is 3. The fourth-order valence-corrected chi connectivity index (χ4v) is 3.82. The Morgan fingerprint density at radius 1 is 1.20 bits per heavy atom. The number of thiazole rings is 1. The standard InChI is InChI=1S/C20H16BrF2N3O3S/c1-11-17(12-5-7-15(8-6-12)29-19(22)23)26-20(30-11)25-16(27)10-24-18(28)13-3-2-4-14(21)9-13/h2-9,19H,10H2,1H3,(H,24,28)(H,25,26,27). The first-order valence-electron chi connectivity index (χ1n) is 8.68. The van der Waals surface area contributed by atoms with Crippen molar-refractivity contribution in [1.82, 2.24) is 10.3 Å². The van der Waals surface area contributed by atoms with E-state index in [2.05, 4.69) is 36.3 Å². The molecule has 0 unspecified atom stereocenters. The highest BCUT2D eigenvalue weighted by Gasteiger charge is 2.14. The highest BCUT2D eigenvalue weighted by atomic mass is 79.9. The van der Waals surface area contributed by atoms with E-state index < -0.39 is 12.5 Å². The van der Waals surface area contributed by atoms with Crippen molar-refractivity contribution in [1.29, 1.82) is 0 Å². The van der Waals surface area contributed by atoms with Crippen molar-refractivity contribution in [3.63, 3.8) is 0 Å². The number of hydrogen-bond acceptors (Lipinski definition) is 5. The van der Waals surface area contributed by atoms with Crippen LogP contribution < -0.4 is 15.4 Å². The molecule has 0 fully saturated rings. The molecule has 0 aliphatic heterocycles. The van der Waals surface area contributed by atoms with E-state index in [0.717, 1.165) is 9.35 Å². The Bertz CT molecular complexity index is 1060. The third-order valence-corrected chi connectivity index (χ3v) is 5.27. The van der Waals surface area contributed by atoms with Gasteiger partial charge in [0.15, 0.2) is 5.13 Å². The number of anilines is 1. The first-order chi connectivity index (χ1) is 14.3. The average Bonchev–Trinajstić information content (AvgIpc) is 3.06. The lowest BCUT2D eigenvalue weighted by molar-refractivity contribution is -0.115. The molecule has 30 heavy (non-hydrogen) atoms. The maximum atomic E-state index is 12.3. The topological polar surface area (TPSA) is 80.3 Å². The SMILES string of the molecule is Cc1sc(NC(=O)CNC(=O)c2cccc(Br)c2)nc1-c1ccc(OC(F)F)cc1. The molecule has 0 saturated heterocycles. The van der Waals surface area contributed by atoms with E-state index in [4.69, 9.17) is 0 Å². The highest BCUT2D eigenvalue weighted by Crippen LogP contribution is 2.31. The third kappa shape index (κ3) is 5.83. The minimum absolute atomic E-state index is 0.0522. The van der Waals surface area contributed by atoms with Gasteiger partial charge in [-0.3, -0.25) is 9.59 Å². The maximum absolute atomic E-state index is 12.3. The summed E-state index contributed by atoms with van der Waals surface area (Å²) < 4.78 is 29.6. The number of carbonyl (C=O) groups excluding carboxylic acids is 2. The van der Waals surface area contributed by atoms with Crippen LogP contribution in [-0.4, -0.2) is 30.0 Å². The van der Waals surface area contributed by atoms with Gasteiger partial charge in [-0.2, -0.15) is 8.78 Å². The molecule has 2 N–H and O–H groups in total. The molecule has 0 spiro atoms. The Hall–Kier alpha value is -2.85. The van der Waals surface area contributed by atoms with Crippen molar-refractivity contribution in [3.8, 4) is 17.0 Å². The van der Waals surface area contributed by atoms with Crippen molar-refractivity contribution in [3.05, 3.63) is 63.4 Å². The second-order valence-corrected chi connectivity index (χ2v) is 8.19. The Balaban J connectivity index is 1.59. The van der Waals surface area contributed by atoms with Gasteiger partial charge < -0.3 is 15.4 Å². The number of amides is 2. The summed E-state index contributed by atoms with van der Waals surface area (Å²) in [6.07, 6.45) is 0. The number of hydrogen-bond donors (Lipinski definition) is 2. The first kappa shape index (κ1) is 21.8. The maximum Gasteiger partial charge on any atom is 0.387 e. The zero-order valence-corrected chi connectivity index (χ0v) is 18.0. The van der Waals surface area contributed by atoms with Gasteiger partial charge in [0, 0.05) is 20.5 Å². The summed E-state index contributed by atoms with van der Waals surface area (Å²) in [5.41, 5.74) is 1.76. The number of carbonyl (C=O) groups is 2. The van der Waals surface area contributed by atoms with Crippen LogP contribution in [0.3, 0.4) is 0 Å². The van der Waals surface area contributed by atoms with Gasteiger partial charge in [-0.05, 0) is 49.4 Å². The van der Waals surface area contributed by atoms with Gasteiger partial charge in [-0.25, -0.2) is 4.98 Å². The summed E-state index contributed by atoms with van der Waals surface area (Å²) in [7, 11) is 0. The molecule has 156 valence electrons.